The first-order valence-electron chi connectivity index (χ1n) is 30.3. The van der Waals surface area contributed by atoms with Crippen LogP contribution >= 0.6 is 0 Å². The van der Waals surface area contributed by atoms with E-state index in [0.29, 0.717) is 38.5 Å². The van der Waals surface area contributed by atoms with Crippen LogP contribution in [0.3, 0.4) is 0 Å². The molecule has 5 aliphatic rings. The molecular formula is C63H102O19. The molecule has 0 radical (unpaired) electrons. The minimum Gasteiger partial charge on any atom is -0.458 e. The Labute approximate surface area is 487 Å². The topological polar surface area (TPSA) is 279 Å². The van der Waals surface area contributed by atoms with E-state index in [1.807, 2.05) is 98.8 Å². The summed E-state index contributed by atoms with van der Waals surface area (Å²) in [6.07, 6.45) is 4.49. The fourth-order valence-corrected chi connectivity index (χ4v) is 12.6. The Balaban J connectivity index is 1.39. The first kappa shape index (κ1) is 69.6. The SMILES string of the molecule is CCC1=C\C=C\C(CC)C(C(C)C(O)CC2(OC)CC(OC3OC(C)C(O)C(O)C3O)C(CC)C(C)O2)OC(=O)/C=C/C(CC)=C/C=C/C(CC)C(C(C)C(O)CC2(O)CC(OC3CC(O)C(O)C(C)O3)C(CC)C(C)O2)OC(=O)\C=C\1. The standard InChI is InChI=1S/C63H102O19/c1-14-41-22-20-24-43(16-3)59(35(7)48(65)31-62(73)33-50(45(18-5)37(9)81-62)77-54-30-47(64)55(69)39(11)75-54)79-52(67)28-26-42(15-2)23-21-25-44(17-4)60(80-53(68)29-27-41)36(8)49(66)32-63(74-13)34-51(46(19-6)38(10)82-63)78-61-58(72)57(71)56(70)40(12)76-61/h20-29,35-40,43-51,54-61,64-66,69-73H,14-19,30-34H2,1-13H3/b24-20+,25-21+,28-26+,29-27+,41-22+,42-23+. The number of hydrogen-bond acceptors (Lipinski definition) is 19. The number of ether oxygens (including phenoxy) is 9. The predicted octanol–water partition coefficient (Wildman–Crippen LogP) is 6.70. The van der Waals surface area contributed by atoms with Crippen LogP contribution in [0.2, 0.25) is 0 Å². The summed E-state index contributed by atoms with van der Waals surface area (Å²) in [7, 11) is 1.49. The summed E-state index contributed by atoms with van der Waals surface area (Å²) >= 11 is 0. The third kappa shape index (κ3) is 18.2. The van der Waals surface area contributed by atoms with Crippen molar-refractivity contribution in [3.63, 3.8) is 0 Å². The van der Waals surface area contributed by atoms with E-state index in [1.54, 1.807) is 32.9 Å². The highest BCUT2D eigenvalue weighted by atomic mass is 16.7. The Kier molecular flexibility index (Phi) is 27.1. The third-order valence-corrected chi connectivity index (χ3v) is 18.0. The normalized spacial score (nSPS) is 43.7. The fraction of sp³-hybridized carbons (Fsp3) is 0.778. The van der Waals surface area contributed by atoms with Crippen molar-refractivity contribution in [1.29, 1.82) is 0 Å². The van der Waals surface area contributed by atoms with Gasteiger partial charge in [-0.15, -0.1) is 0 Å². The van der Waals surface area contributed by atoms with Crippen LogP contribution in [0.1, 0.15) is 154 Å². The second-order valence-electron chi connectivity index (χ2n) is 23.7. The number of allylic oxidation sites excluding steroid dienone is 8. The molecule has 82 heavy (non-hydrogen) atoms. The average Bonchev–Trinajstić information content (AvgIpc) is 3.64. The second kappa shape index (κ2) is 32.0. The zero-order chi connectivity index (χ0) is 60.8. The largest absolute Gasteiger partial charge is 0.458 e. The smallest absolute Gasteiger partial charge is 0.331 e. The quantitative estimate of drug-likeness (QED) is 0.0625. The van der Waals surface area contributed by atoms with Gasteiger partial charge in [-0.1, -0.05) is 104 Å². The van der Waals surface area contributed by atoms with Gasteiger partial charge in [0.2, 0.25) is 0 Å². The molecule has 4 saturated heterocycles. The van der Waals surface area contributed by atoms with E-state index in [2.05, 4.69) is 0 Å². The number of cyclic esters (lactones) is 2. The van der Waals surface area contributed by atoms with Crippen molar-refractivity contribution >= 4 is 11.9 Å². The number of aliphatic hydroxyl groups is 8. The lowest BCUT2D eigenvalue weighted by atomic mass is 9.80. The molecule has 19 heteroatoms. The summed E-state index contributed by atoms with van der Waals surface area (Å²) in [6, 6.07) is 0. The van der Waals surface area contributed by atoms with Crippen LogP contribution in [0, 0.1) is 35.5 Å². The maximum atomic E-state index is 14.0. The fourth-order valence-electron chi connectivity index (χ4n) is 12.6. The molecule has 468 valence electrons. The molecule has 0 aliphatic carbocycles. The summed E-state index contributed by atoms with van der Waals surface area (Å²) in [5.41, 5.74) is 1.56. The molecule has 0 bridgehead atoms. The molecule has 0 saturated carbocycles. The van der Waals surface area contributed by atoms with Gasteiger partial charge in [0.25, 0.3) is 0 Å². The number of esters is 2. The Hall–Kier alpha value is -3.22. The molecular weight excluding hydrogens is 1060 g/mol. The van der Waals surface area contributed by atoms with Crippen LogP contribution in [-0.4, -0.2) is 176 Å². The molecule has 4 fully saturated rings. The Morgan fingerprint density at radius 1 is 0.598 bits per heavy atom. The van der Waals surface area contributed by atoms with Crippen LogP contribution in [-0.2, 0) is 52.2 Å². The molecule has 0 aromatic carbocycles. The van der Waals surface area contributed by atoms with Crippen LogP contribution in [0.25, 0.3) is 0 Å². The first-order valence-corrected chi connectivity index (χ1v) is 30.3. The van der Waals surface area contributed by atoms with E-state index < -0.39 is 151 Å². The number of hydrogen-bond donors (Lipinski definition) is 8. The van der Waals surface area contributed by atoms with Gasteiger partial charge < -0.3 is 83.5 Å². The highest BCUT2D eigenvalue weighted by molar-refractivity contribution is 5.83. The van der Waals surface area contributed by atoms with E-state index in [1.165, 1.54) is 19.3 Å². The molecule has 0 aromatic rings. The van der Waals surface area contributed by atoms with Gasteiger partial charge in [-0.05, 0) is 77.4 Å². The zero-order valence-corrected chi connectivity index (χ0v) is 50.9. The summed E-state index contributed by atoms with van der Waals surface area (Å²) < 4.78 is 56.1. The van der Waals surface area contributed by atoms with Gasteiger partial charge in [0.15, 0.2) is 24.2 Å². The van der Waals surface area contributed by atoms with Crippen LogP contribution in [0.4, 0.5) is 0 Å². The van der Waals surface area contributed by atoms with Gasteiger partial charge >= 0.3 is 11.9 Å². The second-order valence-corrected chi connectivity index (χ2v) is 23.7. The van der Waals surface area contributed by atoms with Crippen molar-refractivity contribution < 1.29 is 93.1 Å². The Morgan fingerprint density at radius 2 is 1.09 bits per heavy atom. The predicted molar refractivity (Wildman–Crippen MR) is 306 cm³/mol. The zero-order valence-electron chi connectivity index (χ0n) is 50.9. The van der Waals surface area contributed by atoms with E-state index in [4.69, 9.17) is 42.6 Å². The molecule has 5 heterocycles. The first-order chi connectivity index (χ1) is 38.8. The van der Waals surface area contributed by atoms with Crippen molar-refractivity contribution in [3.05, 3.63) is 71.9 Å². The summed E-state index contributed by atoms with van der Waals surface area (Å²) in [4.78, 5) is 27.9. The number of methoxy groups -OCH3 is 1. The molecule has 25 unspecified atom stereocenters. The van der Waals surface area contributed by atoms with E-state index >= 15 is 0 Å². The Morgan fingerprint density at radius 3 is 1.56 bits per heavy atom. The molecule has 0 aromatic heterocycles. The van der Waals surface area contributed by atoms with Crippen LogP contribution < -0.4 is 0 Å². The molecule has 25 atom stereocenters. The number of carbonyl (C=O) groups is 2. The maximum Gasteiger partial charge on any atom is 0.331 e. The lowest BCUT2D eigenvalue weighted by Gasteiger charge is -2.49. The lowest BCUT2D eigenvalue weighted by molar-refractivity contribution is -0.351. The summed E-state index contributed by atoms with van der Waals surface area (Å²) in [5.74, 6) is -6.99. The summed E-state index contributed by atoms with van der Waals surface area (Å²) in [5, 5.41) is 88.9. The highest BCUT2D eigenvalue weighted by Crippen LogP contribution is 2.44. The van der Waals surface area contributed by atoms with Gasteiger partial charge in [0.1, 0.15) is 36.6 Å². The average molecular weight is 1160 g/mol. The third-order valence-electron chi connectivity index (χ3n) is 18.0. The highest BCUT2D eigenvalue weighted by Gasteiger charge is 2.52. The minimum atomic E-state index is -1.84. The van der Waals surface area contributed by atoms with Gasteiger partial charge in [-0.3, -0.25) is 0 Å². The molecule has 5 aliphatic heterocycles. The van der Waals surface area contributed by atoms with Gasteiger partial charge in [0, 0.05) is 86.9 Å². The van der Waals surface area contributed by atoms with Gasteiger partial charge in [-0.2, -0.15) is 0 Å². The van der Waals surface area contributed by atoms with Gasteiger partial charge in [-0.25, -0.2) is 9.59 Å². The number of rotatable bonds is 19. The van der Waals surface area contributed by atoms with Crippen molar-refractivity contribution in [2.75, 3.05) is 7.11 Å². The lowest BCUT2D eigenvalue weighted by Crippen LogP contribution is -2.60. The molecule has 8 N–H and O–H groups in total. The molecule has 19 nitrogen and oxygen atoms in total. The van der Waals surface area contributed by atoms with Crippen molar-refractivity contribution in [2.45, 2.75) is 269 Å². The molecule has 5 rings (SSSR count). The summed E-state index contributed by atoms with van der Waals surface area (Å²) in [6.45, 7) is 22.4. The van der Waals surface area contributed by atoms with Crippen molar-refractivity contribution in [2.24, 2.45) is 35.5 Å². The van der Waals surface area contributed by atoms with Crippen molar-refractivity contribution in [3.8, 4) is 0 Å². The monoisotopic (exact) mass is 1160 g/mol. The van der Waals surface area contributed by atoms with Crippen LogP contribution in [0.5, 0.6) is 0 Å². The van der Waals surface area contributed by atoms with E-state index in [9.17, 15) is 50.4 Å². The number of carbonyl (C=O) groups excluding carboxylic acids is 2. The van der Waals surface area contributed by atoms with Crippen molar-refractivity contribution in [1.82, 2.24) is 0 Å². The Bertz CT molecular complexity index is 2170. The maximum absolute atomic E-state index is 14.0. The van der Waals surface area contributed by atoms with E-state index in [-0.39, 0.29) is 43.9 Å². The molecule has 0 amide bonds. The number of aliphatic hydroxyl groups excluding tert-OH is 7. The molecule has 0 spiro atoms. The van der Waals surface area contributed by atoms with Crippen LogP contribution in [0.15, 0.2) is 71.9 Å². The van der Waals surface area contributed by atoms with E-state index in [0.717, 1.165) is 11.1 Å². The minimum absolute atomic E-state index is 0.00375. The van der Waals surface area contributed by atoms with Gasteiger partial charge in [0.05, 0.1) is 54.9 Å².